The van der Waals surface area contributed by atoms with E-state index in [-0.39, 0.29) is 55.1 Å². The van der Waals surface area contributed by atoms with Crippen LogP contribution in [0.25, 0.3) is 0 Å². The number of allylic oxidation sites excluding steroid dienone is 5. The van der Waals surface area contributed by atoms with Crippen molar-refractivity contribution in [2.75, 3.05) is 34.5 Å². The number of piperidine rings is 1. The summed E-state index contributed by atoms with van der Waals surface area (Å²) in [5.41, 5.74) is 1.34. The number of hydrogen-bond donors (Lipinski definition) is 3. The SMILES string of the molecule is C#CCCCCO[C@@H]1CC[C@@H](C[C@@H](C)[C@@H]2C[C@@H](O)[C@H](C)/C=C(\C)[C@@H](O)[C@@H](OC)C(=O)[C@H](C)C[C@H](C)/C=C/C=C/C=C(\C)[C@@H](OC)C[C@@H]3CC[C@@H](C)[C@@](O)(O3)C(=O)C(=O)N3CCCC[C@H]3C(=O)O2)C[C@H]1OC. The number of amides is 1. The van der Waals surface area contributed by atoms with Crippen molar-refractivity contribution in [1.82, 2.24) is 4.90 Å². The highest BCUT2D eigenvalue weighted by molar-refractivity contribution is 6.39. The van der Waals surface area contributed by atoms with Crippen LogP contribution in [-0.2, 0) is 47.6 Å². The zero-order valence-electron chi connectivity index (χ0n) is 44.6. The Labute approximate surface area is 425 Å². The maximum atomic E-state index is 14.6. The molecule has 0 aromatic carbocycles. The Kier molecular flexibility index (Phi) is 24.9. The molecule has 3 fully saturated rings. The molecule has 2 saturated heterocycles. The van der Waals surface area contributed by atoms with Crippen LogP contribution in [0.5, 0.6) is 0 Å². The maximum absolute atomic E-state index is 14.6. The number of aliphatic hydroxyl groups excluding tert-OH is 2. The lowest BCUT2D eigenvalue weighted by atomic mass is 9.78. The van der Waals surface area contributed by atoms with Gasteiger partial charge in [0.05, 0.1) is 30.5 Å². The molecule has 3 N–H and O–H groups in total. The first kappa shape index (κ1) is 60.0. The number of terminal acetylenes is 1. The van der Waals surface area contributed by atoms with Gasteiger partial charge in [-0.15, -0.1) is 12.3 Å². The number of Topliss-reactive ketones (excluding diaryl/α,β-unsaturated/α-hetero) is 2. The van der Waals surface area contributed by atoms with E-state index in [1.165, 1.54) is 12.0 Å². The van der Waals surface area contributed by atoms with Gasteiger partial charge in [-0.25, -0.2) is 4.79 Å². The Balaban J connectivity index is 1.67. The zero-order valence-corrected chi connectivity index (χ0v) is 44.6. The number of carbonyl (C=O) groups excluding carboxylic acids is 4. The number of aliphatic hydroxyl groups is 3. The lowest BCUT2D eigenvalue weighted by Crippen LogP contribution is -2.61. The second-order valence-electron chi connectivity index (χ2n) is 21.3. The first-order valence-corrected chi connectivity index (χ1v) is 26.5. The Morgan fingerprint density at radius 3 is 2.30 bits per heavy atom. The molecule has 3 aliphatic heterocycles. The fraction of sp³-hybridized carbons (Fsp3) is 0.754. The highest BCUT2D eigenvalue weighted by Crippen LogP contribution is 2.38. The average molecular weight is 996 g/mol. The summed E-state index contributed by atoms with van der Waals surface area (Å²) < 4.78 is 36.3. The van der Waals surface area contributed by atoms with Gasteiger partial charge in [0, 0.05) is 71.5 Å². The molecule has 1 aliphatic carbocycles. The van der Waals surface area contributed by atoms with Crippen molar-refractivity contribution >= 4 is 23.4 Å². The quantitative estimate of drug-likeness (QED) is 0.0599. The molecular formula is C57H89NO13. The van der Waals surface area contributed by atoms with E-state index in [0.29, 0.717) is 63.5 Å². The monoisotopic (exact) mass is 996 g/mol. The molecule has 16 atom stereocenters. The predicted octanol–water partition coefficient (Wildman–Crippen LogP) is 7.80. The van der Waals surface area contributed by atoms with Gasteiger partial charge in [-0.05, 0) is 120 Å². The summed E-state index contributed by atoms with van der Waals surface area (Å²) in [4.78, 5) is 58.2. The van der Waals surface area contributed by atoms with Crippen molar-refractivity contribution < 1.29 is 62.9 Å². The Hall–Kier alpha value is -3.52. The molecule has 1 saturated carbocycles. The topological polar surface area (TPSA) is 188 Å². The highest BCUT2D eigenvalue weighted by atomic mass is 16.6. The number of unbranched alkanes of at least 4 members (excludes halogenated alkanes) is 2. The van der Waals surface area contributed by atoms with Gasteiger partial charge in [0.15, 0.2) is 5.78 Å². The standard InChI is InChI=1S/C57H89NO13/c1-12-13-14-20-29-69-47-27-25-43(33-50(47)67-10)32-39(5)49-35-46(59)38(4)31-41(7)52(61)53(68-11)51(60)40(6)30-36(2)21-16-15-17-22-37(3)48(66-9)34-44-26-24-42(8)57(65,71-44)54(62)55(63)58-28-19-18-23-45(58)56(64)70-49/h1,15-17,21-22,31,36,38-40,42-50,52-53,59,61,65H,13-14,18-20,23-30,32-35H2,2-11H3/b17-15+,21-16+,37-22+,41-31+/t36-,38-,39-,40-,42-,43+,44+,45+,46-,47-,48+,49+,50-,52-,53+,57-/m1/s1. The van der Waals surface area contributed by atoms with Gasteiger partial charge >= 0.3 is 5.97 Å². The number of ether oxygens (including phenoxy) is 6. The van der Waals surface area contributed by atoms with Crippen LogP contribution < -0.4 is 0 Å². The maximum Gasteiger partial charge on any atom is 0.329 e. The molecule has 4 rings (SSSR count). The summed E-state index contributed by atoms with van der Waals surface area (Å²) in [6.45, 7) is 13.7. The number of carbonyl (C=O) groups is 4. The van der Waals surface area contributed by atoms with E-state index in [2.05, 4.69) is 5.92 Å². The highest BCUT2D eigenvalue weighted by Gasteiger charge is 2.53. The van der Waals surface area contributed by atoms with E-state index in [4.69, 9.17) is 34.8 Å². The largest absolute Gasteiger partial charge is 0.460 e. The van der Waals surface area contributed by atoms with Crippen LogP contribution in [0.1, 0.15) is 145 Å². The second kappa shape index (κ2) is 29.4. The number of hydrogen-bond acceptors (Lipinski definition) is 13. The van der Waals surface area contributed by atoms with Crippen LogP contribution in [-0.4, -0.2) is 139 Å². The predicted molar refractivity (Wildman–Crippen MR) is 273 cm³/mol. The van der Waals surface area contributed by atoms with Gasteiger partial charge in [0.2, 0.25) is 5.79 Å². The number of cyclic esters (lactones) is 1. The van der Waals surface area contributed by atoms with Crippen molar-refractivity contribution in [1.29, 1.82) is 0 Å². The van der Waals surface area contributed by atoms with E-state index in [1.54, 1.807) is 41.1 Å². The fourth-order valence-corrected chi connectivity index (χ4v) is 11.0. The molecule has 71 heavy (non-hydrogen) atoms. The van der Waals surface area contributed by atoms with Crippen LogP contribution >= 0.6 is 0 Å². The molecule has 14 nitrogen and oxygen atoms in total. The molecule has 14 heteroatoms. The van der Waals surface area contributed by atoms with Crippen LogP contribution in [0, 0.1) is 47.9 Å². The smallest absolute Gasteiger partial charge is 0.329 e. The van der Waals surface area contributed by atoms with Gasteiger partial charge in [0.1, 0.15) is 24.4 Å². The summed E-state index contributed by atoms with van der Waals surface area (Å²) in [5, 5.41) is 35.5. The number of esters is 1. The summed E-state index contributed by atoms with van der Waals surface area (Å²) >= 11 is 0. The second-order valence-corrected chi connectivity index (χ2v) is 21.3. The number of fused-ring (bicyclic) bond motifs is 3. The van der Waals surface area contributed by atoms with E-state index in [1.807, 2.05) is 58.1 Å². The van der Waals surface area contributed by atoms with Crippen molar-refractivity contribution in [3.05, 3.63) is 47.6 Å². The Bertz CT molecular complexity index is 1890. The van der Waals surface area contributed by atoms with Gasteiger partial charge in [-0.1, -0.05) is 71.1 Å². The number of nitrogens with zero attached hydrogens (tertiary/aromatic N) is 1. The minimum Gasteiger partial charge on any atom is -0.460 e. The van der Waals surface area contributed by atoms with Gasteiger partial charge in [-0.3, -0.25) is 14.4 Å². The molecule has 0 radical (unpaired) electrons. The summed E-state index contributed by atoms with van der Waals surface area (Å²) in [6.07, 6.45) is 20.1. The average Bonchev–Trinajstić information content (AvgIpc) is 3.35. The summed E-state index contributed by atoms with van der Waals surface area (Å²) in [5.74, 6) is -4.48. The number of methoxy groups -OCH3 is 3. The van der Waals surface area contributed by atoms with Gasteiger partial charge in [0.25, 0.3) is 11.7 Å². The van der Waals surface area contributed by atoms with E-state index in [0.717, 1.165) is 37.7 Å². The van der Waals surface area contributed by atoms with Crippen molar-refractivity contribution in [2.45, 2.75) is 205 Å². The minimum atomic E-state index is -2.42. The van der Waals surface area contributed by atoms with Crippen molar-refractivity contribution in [3.63, 3.8) is 0 Å². The van der Waals surface area contributed by atoms with Crippen LogP contribution in [0.4, 0.5) is 0 Å². The van der Waals surface area contributed by atoms with Crippen LogP contribution in [0.3, 0.4) is 0 Å². The van der Waals surface area contributed by atoms with Crippen molar-refractivity contribution in [2.24, 2.45) is 35.5 Å². The number of rotatable bonds is 11. The van der Waals surface area contributed by atoms with Crippen molar-refractivity contribution in [3.8, 4) is 12.3 Å². The molecule has 4 aliphatic rings. The molecule has 2 bridgehead atoms. The fourth-order valence-electron chi connectivity index (χ4n) is 11.0. The molecule has 1 amide bonds. The summed E-state index contributed by atoms with van der Waals surface area (Å²) in [7, 11) is 4.69. The first-order valence-electron chi connectivity index (χ1n) is 26.5. The van der Waals surface area contributed by atoms with E-state index in [9.17, 15) is 34.5 Å². The molecule has 3 heterocycles. The third kappa shape index (κ3) is 17.0. The number of ketones is 2. The lowest BCUT2D eigenvalue weighted by molar-refractivity contribution is -0.265. The third-order valence-corrected chi connectivity index (χ3v) is 15.7. The first-order chi connectivity index (χ1) is 33.8. The molecule has 400 valence electrons. The van der Waals surface area contributed by atoms with Crippen LogP contribution in [0.15, 0.2) is 47.6 Å². The molecular weight excluding hydrogens is 907 g/mol. The normalized spacial score (nSPS) is 38.9. The van der Waals surface area contributed by atoms with Crippen LogP contribution in [0.2, 0.25) is 0 Å². The molecule has 0 unspecified atom stereocenters. The molecule has 0 aromatic heterocycles. The third-order valence-electron chi connectivity index (χ3n) is 15.7. The Morgan fingerprint density at radius 1 is 0.859 bits per heavy atom. The van der Waals surface area contributed by atoms with Gasteiger partial charge < -0.3 is 48.6 Å². The lowest BCUT2D eigenvalue weighted by Gasteiger charge is -2.43. The zero-order chi connectivity index (χ0) is 52.4. The molecule has 0 aromatic rings. The Morgan fingerprint density at radius 2 is 1.61 bits per heavy atom. The molecule has 0 spiro atoms. The van der Waals surface area contributed by atoms with Gasteiger partial charge in [-0.2, -0.15) is 0 Å². The minimum absolute atomic E-state index is 0.0301. The van der Waals surface area contributed by atoms with E-state index < -0.39 is 83.9 Å². The van der Waals surface area contributed by atoms with E-state index >= 15 is 0 Å². The summed E-state index contributed by atoms with van der Waals surface area (Å²) in [6, 6.07) is -1.11.